The van der Waals surface area contributed by atoms with E-state index in [4.69, 9.17) is 16.6 Å². The van der Waals surface area contributed by atoms with E-state index in [2.05, 4.69) is 60.4 Å². The van der Waals surface area contributed by atoms with E-state index in [1.807, 2.05) is 41.7 Å². The molecular weight excluding hydrogens is 458 g/mol. The Kier molecular flexibility index (Phi) is 6.78. The molecule has 3 aromatic carbocycles. The Bertz CT molecular complexity index is 1250. The smallest absolute Gasteiger partial charge is 0.0995 e. The van der Waals surface area contributed by atoms with Gasteiger partial charge < -0.3 is 0 Å². The van der Waals surface area contributed by atoms with Gasteiger partial charge in [0.05, 0.1) is 27.2 Å². The van der Waals surface area contributed by atoms with Gasteiger partial charge in [-0.15, -0.1) is 11.3 Å². The molecule has 0 aliphatic carbocycles. The van der Waals surface area contributed by atoms with Gasteiger partial charge in [-0.2, -0.15) is 5.26 Å². The van der Waals surface area contributed by atoms with Gasteiger partial charge >= 0.3 is 0 Å². The molecule has 1 saturated heterocycles. The van der Waals surface area contributed by atoms with Crippen molar-refractivity contribution in [3.63, 3.8) is 0 Å². The first-order valence-electron chi connectivity index (χ1n) is 11.6. The minimum absolute atomic E-state index is 0.456. The molecule has 0 amide bonds. The molecule has 3 nitrogen and oxygen atoms in total. The standard InChI is InChI=1S/C29H26ClN3S/c1-20-6-8-22(9-7-20)28-27(21-10-12-26(30)13-11-21)32-29(34-28)23-14-16-33(17-15-23)19-25-5-3-2-4-24(25)18-31/h2-13,23H,14-17,19H2,1H3. The second-order valence-corrected chi connectivity index (χ2v) is 10.4. The average Bonchev–Trinajstić information content (AvgIpc) is 3.31. The lowest BCUT2D eigenvalue weighted by Gasteiger charge is -2.31. The summed E-state index contributed by atoms with van der Waals surface area (Å²) in [5.74, 6) is 0.456. The zero-order chi connectivity index (χ0) is 23.5. The first-order chi connectivity index (χ1) is 16.6. The number of aryl methyl sites for hydroxylation is 1. The second kappa shape index (κ2) is 10.1. The number of likely N-dealkylation sites (tertiary alicyclic amines) is 1. The van der Waals surface area contributed by atoms with Gasteiger partial charge in [0.1, 0.15) is 0 Å². The van der Waals surface area contributed by atoms with Crippen molar-refractivity contribution >= 4 is 22.9 Å². The zero-order valence-electron chi connectivity index (χ0n) is 19.2. The minimum atomic E-state index is 0.456. The lowest BCUT2D eigenvalue weighted by atomic mass is 9.96. The SMILES string of the molecule is Cc1ccc(-c2sc(C3CCN(Cc4ccccc4C#N)CC3)nc2-c2ccc(Cl)cc2)cc1. The molecule has 4 aromatic rings. The Hall–Kier alpha value is -2.97. The van der Waals surface area contributed by atoms with Crippen LogP contribution >= 0.6 is 22.9 Å². The average molecular weight is 484 g/mol. The quantitative estimate of drug-likeness (QED) is 0.292. The Morgan fingerprint density at radius 1 is 0.971 bits per heavy atom. The fourth-order valence-electron chi connectivity index (χ4n) is 4.56. The monoisotopic (exact) mass is 483 g/mol. The predicted molar refractivity (Wildman–Crippen MR) is 141 cm³/mol. The highest BCUT2D eigenvalue weighted by Crippen LogP contribution is 2.42. The van der Waals surface area contributed by atoms with Crippen molar-refractivity contribution < 1.29 is 0 Å². The van der Waals surface area contributed by atoms with Crippen molar-refractivity contribution in [3.8, 4) is 27.8 Å². The van der Waals surface area contributed by atoms with Crippen LogP contribution in [0.4, 0.5) is 0 Å². The van der Waals surface area contributed by atoms with E-state index in [0.717, 1.165) is 59.9 Å². The molecule has 0 spiro atoms. The van der Waals surface area contributed by atoms with Gasteiger partial charge in [0, 0.05) is 23.0 Å². The van der Waals surface area contributed by atoms with Crippen molar-refractivity contribution in [1.82, 2.24) is 9.88 Å². The number of hydrogen-bond acceptors (Lipinski definition) is 4. The molecule has 0 saturated carbocycles. The Morgan fingerprint density at radius 2 is 1.65 bits per heavy atom. The van der Waals surface area contributed by atoms with Crippen LogP contribution in [0.5, 0.6) is 0 Å². The van der Waals surface area contributed by atoms with Crippen LogP contribution in [0.1, 0.15) is 40.5 Å². The van der Waals surface area contributed by atoms with Gasteiger partial charge in [-0.3, -0.25) is 4.90 Å². The van der Waals surface area contributed by atoms with Crippen LogP contribution in [0, 0.1) is 18.3 Å². The molecule has 0 radical (unpaired) electrons. The Morgan fingerprint density at radius 3 is 2.35 bits per heavy atom. The molecule has 1 aliphatic heterocycles. The Balaban J connectivity index is 1.38. The van der Waals surface area contributed by atoms with Crippen LogP contribution in [-0.2, 0) is 6.54 Å². The van der Waals surface area contributed by atoms with Gasteiger partial charge in [-0.25, -0.2) is 4.98 Å². The number of nitrogens with zero attached hydrogens (tertiary/aromatic N) is 3. The minimum Gasteiger partial charge on any atom is -0.299 e. The highest BCUT2D eigenvalue weighted by atomic mass is 35.5. The first-order valence-corrected chi connectivity index (χ1v) is 12.8. The third kappa shape index (κ3) is 4.93. The number of piperidine rings is 1. The molecule has 5 rings (SSSR count). The van der Waals surface area contributed by atoms with E-state index in [-0.39, 0.29) is 0 Å². The van der Waals surface area contributed by atoms with Gasteiger partial charge in [0.15, 0.2) is 0 Å². The van der Waals surface area contributed by atoms with Crippen LogP contribution < -0.4 is 0 Å². The number of halogens is 1. The lowest BCUT2D eigenvalue weighted by Crippen LogP contribution is -2.32. The number of nitriles is 1. The summed E-state index contributed by atoms with van der Waals surface area (Å²) in [5, 5.41) is 11.4. The summed E-state index contributed by atoms with van der Waals surface area (Å²) >= 11 is 7.98. The van der Waals surface area contributed by atoms with Gasteiger partial charge in [-0.05, 0) is 62.2 Å². The summed E-state index contributed by atoms with van der Waals surface area (Å²) in [5.41, 5.74) is 6.51. The number of rotatable bonds is 5. The molecule has 2 heterocycles. The lowest BCUT2D eigenvalue weighted by molar-refractivity contribution is 0.204. The number of aromatic nitrogens is 1. The largest absolute Gasteiger partial charge is 0.299 e. The van der Waals surface area contributed by atoms with E-state index in [1.54, 1.807) is 0 Å². The summed E-state index contributed by atoms with van der Waals surface area (Å²) in [6.45, 7) is 4.98. The normalized spacial score (nSPS) is 14.7. The molecule has 1 aliphatic rings. The third-order valence-electron chi connectivity index (χ3n) is 6.54. The fourth-order valence-corrected chi connectivity index (χ4v) is 5.95. The fraction of sp³-hybridized carbons (Fsp3) is 0.241. The number of thiazole rings is 1. The van der Waals surface area contributed by atoms with E-state index in [0.29, 0.717) is 5.92 Å². The maximum Gasteiger partial charge on any atom is 0.0995 e. The summed E-state index contributed by atoms with van der Waals surface area (Å²) in [4.78, 5) is 8.87. The summed E-state index contributed by atoms with van der Waals surface area (Å²) in [6, 6.07) is 27.0. The molecule has 34 heavy (non-hydrogen) atoms. The van der Waals surface area contributed by atoms with Crippen molar-refractivity contribution in [2.75, 3.05) is 13.1 Å². The highest BCUT2D eigenvalue weighted by Gasteiger charge is 2.26. The highest BCUT2D eigenvalue weighted by molar-refractivity contribution is 7.15. The third-order valence-corrected chi connectivity index (χ3v) is 8.06. The summed E-state index contributed by atoms with van der Waals surface area (Å²) in [6.07, 6.45) is 2.16. The van der Waals surface area contributed by atoms with Crippen LogP contribution in [0.25, 0.3) is 21.7 Å². The predicted octanol–water partition coefficient (Wildman–Crippen LogP) is 7.69. The van der Waals surface area contributed by atoms with E-state index in [9.17, 15) is 5.26 Å². The van der Waals surface area contributed by atoms with Crippen LogP contribution in [0.2, 0.25) is 5.02 Å². The van der Waals surface area contributed by atoms with Crippen LogP contribution in [0.3, 0.4) is 0 Å². The van der Waals surface area contributed by atoms with Gasteiger partial charge in [-0.1, -0.05) is 71.8 Å². The van der Waals surface area contributed by atoms with Crippen molar-refractivity contribution in [1.29, 1.82) is 5.26 Å². The number of benzene rings is 3. The van der Waals surface area contributed by atoms with Crippen molar-refractivity contribution in [3.05, 3.63) is 99.5 Å². The molecule has 1 fully saturated rings. The first kappa shape index (κ1) is 22.8. The maximum atomic E-state index is 9.40. The Labute approximate surface area is 210 Å². The molecule has 1 aromatic heterocycles. The van der Waals surface area contributed by atoms with E-state index in [1.165, 1.54) is 21.0 Å². The molecule has 0 atom stereocenters. The van der Waals surface area contributed by atoms with Crippen LogP contribution in [-0.4, -0.2) is 23.0 Å². The van der Waals surface area contributed by atoms with Crippen molar-refractivity contribution in [2.24, 2.45) is 0 Å². The molecule has 0 bridgehead atoms. The molecular formula is C29H26ClN3S. The summed E-state index contributed by atoms with van der Waals surface area (Å²) < 4.78 is 0. The zero-order valence-corrected chi connectivity index (χ0v) is 20.7. The second-order valence-electron chi connectivity index (χ2n) is 8.92. The number of hydrogen-bond donors (Lipinski definition) is 0. The molecule has 5 heteroatoms. The van der Waals surface area contributed by atoms with E-state index < -0.39 is 0 Å². The summed E-state index contributed by atoms with van der Waals surface area (Å²) in [7, 11) is 0. The van der Waals surface area contributed by atoms with Crippen molar-refractivity contribution in [2.45, 2.75) is 32.2 Å². The molecule has 0 N–H and O–H groups in total. The van der Waals surface area contributed by atoms with Crippen LogP contribution in [0.15, 0.2) is 72.8 Å². The van der Waals surface area contributed by atoms with Gasteiger partial charge in [0.2, 0.25) is 0 Å². The maximum absolute atomic E-state index is 9.40. The molecule has 0 unspecified atom stereocenters. The van der Waals surface area contributed by atoms with E-state index >= 15 is 0 Å². The topological polar surface area (TPSA) is 39.9 Å². The molecule has 170 valence electrons. The van der Waals surface area contributed by atoms with Gasteiger partial charge in [0.25, 0.3) is 0 Å².